The number of nitrogens with one attached hydrogen (secondary N) is 5. The van der Waals surface area contributed by atoms with E-state index in [-0.39, 0.29) is 35.7 Å². The second-order valence-electron chi connectivity index (χ2n) is 21.2. The first-order valence-electron chi connectivity index (χ1n) is 27.6. The van der Waals surface area contributed by atoms with Crippen molar-refractivity contribution in [1.29, 1.82) is 5.26 Å². The number of ether oxygens (including phenoxy) is 1. The Balaban J connectivity index is 1.18. The van der Waals surface area contributed by atoms with Crippen molar-refractivity contribution >= 4 is 53.7 Å². The first-order valence-corrected chi connectivity index (χ1v) is 28.3. The summed E-state index contributed by atoms with van der Waals surface area (Å²) in [5.41, 5.74) is 1.78. The normalized spacial score (nSPS) is 25.5. The van der Waals surface area contributed by atoms with Gasteiger partial charge in [0.25, 0.3) is 18.2 Å². The number of aromatic hydroxyl groups is 1. The highest BCUT2D eigenvalue weighted by Gasteiger charge is 2.50. The lowest BCUT2D eigenvalue weighted by Gasteiger charge is -2.33. The molecule has 3 aliphatic heterocycles. The molecule has 7 amide bonds. The summed E-state index contributed by atoms with van der Waals surface area (Å²) in [4.78, 5) is 102. The Morgan fingerprint density at radius 3 is 2.20 bits per heavy atom. The fraction of sp³-hybridized carbons (Fsp3) is 0.482. The lowest BCUT2D eigenvalue weighted by Crippen LogP contribution is -2.64. The number of hydrogen-bond acceptors (Lipinski definition) is 23. The van der Waals surface area contributed by atoms with Crippen molar-refractivity contribution < 1.29 is 97.4 Å². The number of aliphatic hydroxyl groups excluding tert-OH is 6. The molecule has 29 nitrogen and oxygen atoms in total. The minimum Gasteiger partial charge on any atom is -0.504 e. The Hall–Kier alpha value is -7.96. The lowest BCUT2D eigenvalue weighted by molar-refractivity contribution is -0.433. The first-order chi connectivity index (χ1) is 41.1. The topological polar surface area (TPSA) is 435 Å². The van der Waals surface area contributed by atoms with Crippen LogP contribution >= 0.6 is 12.3 Å². The van der Waals surface area contributed by atoms with Gasteiger partial charge in [-0.15, -0.1) is 0 Å². The molecule has 4 aromatic rings. The van der Waals surface area contributed by atoms with E-state index in [4.69, 9.17) is 18.7 Å². The number of aromatic nitrogens is 1. The molecule has 13 atom stereocenters. The number of carbonyl (C=O) groups excluding carboxylic acids is 7. The maximum atomic E-state index is 14.6. The van der Waals surface area contributed by atoms with Crippen LogP contribution in [0.5, 0.6) is 17.2 Å². The van der Waals surface area contributed by atoms with E-state index in [2.05, 4.69) is 48.0 Å². The molecule has 30 heteroatoms. The minimum absolute atomic E-state index is 0.00231. The summed E-state index contributed by atoms with van der Waals surface area (Å²) >= 11 is 0.0654. The summed E-state index contributed by atoms with van der Waals surface area (Å²) in [5, 5.41) is 116. The fourth-order valence-corrected chi connectivity index (χ4v) is 10.4. The molecular formula is C56H69N9O20S. The second-order valence-corrected chi connectivity index (χ2v) is 21.6. The molecule has 86 heavy (non-hydrogen) atoms. The molecule has 3 aliphatic rings. The number of nitrogens with zero attached hydrogens (tertiary/aromatic N) is 4. The Bertz CT molecular complexity index is 3060. The van der Waals surface area contributed by atoms with Gasteiger partial charge in [0.1, 0.15) is 47.7 Å². The summed E-state index contributed by atoms with van der Waals surface area (Å²) in [6, 6.07) is 8.71. The summed E-state index contributed by atoms with van der Waals surface area (Å²) in [6.07, 6.45) is -10.1. The van der Waals surface area contributed by atoms with Crippen molar-refractivity contribution in [2.75, 3.05) is 26.2 Å². The summed E-state index contributed by atoms with van der Waals surface area (Å²) in [6.45, 7) is 3.65. The summed E-state index contributed by atoms with van der Waals surface area (Å²) in [7, 11) is 0. The molecule has 0 unspecified atom stereocenters. The van der Waals surface area contributed by atoms with Crippen LogP contribution in [0.1, 0.15) is 75.2 Å². The van der Waals surface area contributed by atoms with Crippen LogP contribution in [-0.2, 0) is 44.6 Å². The van der Waals surface area contributed by atoms with E-state index in [1.807, 2.05) is 24.3 Å². The molecule has 0 spiro atoms. The number of nitriles is 1. The van der Waals surface area contributed by atoms with E-state index in [1.54, 1.807) is 24.3 Å². The highest BCUT2D eigenvalue weighted by atomic mass is 32.2. The van der Waals surface area contributed by atoms with Gasteiger partial charge in [0.15, 0.2) is 17.3 Å². The molecule has 0 aliphatic carbocycles. The second kappa shape index (κ2) is 30.4. The molecule has 464 valence electrons. The maximum absolute atomic E-state index is 14.6. The number of rotatable bonds is 19. The van der Waals surface area contributed by atoms with Crippen LogP contribution in [0.4, 0.5) is 0 Å². The molecule has 0 bridgehead atoms. The minimum atomic E-state index is -2.16. The fourth-order valence-electron chi connectivity index (χ4n) is 10.1. The lowest BCUT2D eigenvalue weighted by atomic mass is 9.98. The van der Waals surface area contributed by atoms with Crippen molar-refractivity contribution in [3.05, 3.63) is 83.9 Å². The quantitative estimate of drug-likeness (QED) is 0.0244. The SMILES string of the molecule is CCCCCOc1ccc(-c2cc(-c3ccc(C(=O)N[C@H]4C[C@H](O)CNC(=O)[C@@H]5[C@@H](O)[C@H](C)CN5C(=O)[C@H]([C@H](O)CC#N)NC(=O)[C@H]([C@H](O)Cc5ccc(O)c(OSOOO)c5)NC(=O)[C@@H]5C[C@H](O)CN5C(=O)[C@H]([C@H](C)O)NC4=O)cc3)no2)cc1. The summed E-state index contributed by atoms with van der Waals surface area (Å²) in [5.74, 6) is -8.55. The third-order valence-corrected chi connectivity index (χ3v) is 15.2. The van der Waals surface area contributed by atoms with Crippen LogP contribution in [-0.4, -0.2) is 196 Å². The maximum Gasteiger partial charge on any atom is 0.261 e. The zero-order valence-corrected chi connectivity index (χ0v) is 47.7. The van der Waals surface area contributed by atoms with E-state index >= 15 is 0 Å². The molecule has 3 aromatic carbocycles. The van der Waals surface area contributed by atoms with E-state index in [0.717, 1.165) is 53.7 Å². The Morgan fingerprint density at radius 1 is 0.826 bits per heavy atom. The third-order valence-electron chi connectivity index (χ3n) is 14.8. The number of phenolic OH excluding ortho intramolecular Hbond substituents is 1. The van der Waals surface area contributed by atoms with Gasteiger partial charge in [-0.3, -0.25) is 33.6 Å². The van der Waals surface area contributed by atoms with E-state index in [0.29, 0.717) is 29.4 Å². The molecule has 0 radical (unpaired) electrons. The largest absolute Gasteiger partial charge is 0.504 e. The van der Waals surface area contributed by atoms with E-state index < -0.39 is 165 Å². The molecule has 3 fully saturated rings. The molecule has 13 N–H and O–H groups in total. The zero-order chi connectivity index (χ0) is 62.4. The molecular weight excluding hydrogens is 1150 g/mol. The smallest absolute Gasteiger partial charge is 0.261 e. The molecule has 4 heterocycles. The number of fused-ring (bicyclic) bond motifs is 2. The van der Waals surface area contributed by atoms with Crippen molar-refractivity contribution in [2.24, 2.45) is 5.92 Å². The number of hydrogen-bond donors (Lipinski definition) is 13. The molecule has 1 aromatic heterocycles. The molecule has 7 rings (SSSR count). The Morgan fingerprint density at radius 2 is 1.51 bits per heavy atom. The number of unbranched alkanes of at least 4 members (excludes halogenated alkanes) is 2. The monoisotopic (exact) mass is 1220 g/mol. The van der Waals surface area contributed by atoms with Gasteiger partial charge in [0, 0.05) is 67.6 Å². The van der Waals surface area contributed by atoms with Gasteiger partial charge < -0.3 is 85.6 Å². The number of aliphatic hydroxyl groups is 6. The molecule has 3 saturated heterocycles. The van der Waals surface area contributed by atoms with E-state index in [1.165, 1.54) is 25.1 Å². The number of phenols is 1. The Kier molecular flexibility index (Phi) is 23.2. The van der Waals surface area contributed by atoms with Gasteiger partial charge in [-0.2, -0.15) is 5.26 Å². The number of carbonyl (C=O) groups is 7. The van der Waals surface area contributed by atoms with Crippen LogP contribution in [0.15, 0.2) is 77.3 Å². The number of amides is 7. The predicted octanol–water partition coefficient (Wildman–Crippen LogP) is -0.491. The predicted molar refractivity (Wildman–Crippen MR) is 299 cm³/mol. The van der Waals surface area contributed by atoms with Crippen LogP contribution in [0, 0.1) is 17.2 Å². The van der Waals surface area contributed by atoms with Crippen molar-refractivity contribution in [3.8, 4) is 45.9 Å². The number of benzene rings is 3. The van der Waals surface area contributed by atoms with Crippen LogP contribution in [0.25, 0.3) is 22.6 Å². The van der Waals surface area contributed by atoms with Gasteiger partial charge in [0.2, 0.25) is 35.4 Å². The van der Waals surface area contributed by atoms with Gasteiger partial charge in [-0.25, -0.2) is 5.26 Å². The molecule has 0 saturated carbocycles. The van der Waals surface area contributed by atoms with Gasteiger partial charge >= 0.3 is 0 Å². The van der Waals surface area contributed by atoms with Gasteiger partial charge in [0.05, 0.1) is 55.7 Å². The average molecular weight is 1220 g/mol. The third kappa shape index (κ3) is 16.5. The van der Waals surface area contributed by atoms with Crippen LogP contribution < -0.4 is 35.5 Å². The van der Waals surface area contributed by atoms with Crippen molar-refractivity contribution in [2.45, 2.75) is 139 Å². The van der Waals surface area contributed by atoms with Gasteiger partial charge in [-0.05, 0) is 67.4 Å². The highest BCUT2D eigenvalue weighted by molar-refractivity contribution is 7.90. The summed E-state index contributed by atoms with van der Waals surface area (Å²) < 4.78 is 20.7. The van der Waals surface area contributed by atoms with E-state index in [9.17, 15) is 74.6 Å². The standard InChI is InChI=1S/C56H69N9O20S/c1-4-5-6-19-81-36-14-12-32(13-15-36)43-24-37(63-82-43)31-8-10-33(11-9-31)50(73)59-38-22-34(67)25-58-54(77)48-49(72)28(2)26-65(48)56(79)47(41(70)17-18-57)62-53(76)46(42(71)20-30-7-16-40(69)44(21-30)83-86-85-84-80)61-52(75)39-23-35(68)27-64(39)55(78)45(29(3)66)60-51(38)74/h7-16,21,24,28-29,34-35,38-39,41-42,45-49,66-72,80H,4-6,17,19-20,22-23,25-27H2,1-3H3,(H,58,77)(H,59,73)(H,60,74)(H,61,75)(H,62,76)/t28-,29+,34+,35+,38+,39+,41-,42-,45+,46+,47+,48+,49+/m1/s1. The van der Waals surface area contributed by atoms with Crippen molar-refractivity contribution in [3.63, 3.8) is 0 Å². The first kappa shape index (κ1) is 65.6. The average Bonchev–Trinajstić information content (AvgIpc) is 3.14. The van der Waals surface area contributed by atoms with Gasteiger partial charge in [-0.1, -0.05) is 59.4 Å². The number of β-amino-alcohol motifs (C(OH)–C–C–N with tert-alkyl or cyclic N) is 1. The zero-order valence-electron chi connectivity index (χ0n) is 46.9. The van der Waals surface area contributed by atoms with Crippen LogP contribution in [0.3, 0.4) is 0 Å². The van der Waals surface area contributed by atoms with Crippen molar-refractivity contribution in [1.82, 2.24) is 41.5 Å². The highest BCUT2D eigenvalue weighted by Crippen LogP contribution is 2.32. The van der Waals surface area contributed by atoms with Crippen LogP contribution in [0.2, 0.25) is 0 Å². The Labute approximate surface area is 496 Å².